The molecule has 1 aliphatic carbocycles. The number of rotatable bonds is 5. The number of aryl methyl sites for hydroxylation is 2. The summed E-state index contributed by atoms with van der Waals surface area (Å²) in [5.41, 5.74) is 2.16. The molecule has 23 heavy (non-hydrogen) atoms. The van der Waals surface area contributed by atoms with Gasteiger partial charge in [-0.2, -0.15) is 0 Å². The van der Waals surface area contributed by atoms with Crippen LogP contribution in [0.4, 0.5) is 5.69 Å². The molecule has 2 amide bonds. The summed E-state index contributed by atoms with van der Waals surface area (Å²) in [6.45, 7) is 5.61. The second-order valence-electron chi connectivity index (χ2n) is 6.64. The maximum atomic E-state index is 12.0. The Balaban J connectivity index is 1.89. The minimum Gasteiger partial charge on any atom is -0.388 e. The number of hydrogen-bond acceptors (Lipinski definition) is 3. The monoisotopic (exact) mass is 318 g/mol. The van der Waals surface area contributed by atoms with Crippen molar-refractivity contribution in [2.24, 2.45) is 5.92 Å². The van der Waals surface area contributed by atoms with Crippen molar-refractivity contribution in [3.8, 4) is 0 Å². The average Bonchev–Trinajstić information content (AvgIpc) is 2.99. The van der Waals surface area contributed by atoms with E-state index in [1.54, 1.807) is 6.92 Å². The lowest BCUT2D eigenvalue weighted by molar-refractivity contribution is -0.137. The van der Waals surface area contributed by atoms with Gasteiger partial charge >= 0.3 is 11.8 Å². The Kier molecular flexibility index (Phi) is 5.42. The highest BCUT2D eigenvalue weighted by Crippen LogP contribution is 2.24. The van der Waals surface area contributed by atoms with E-state index in [2.05, 4.69) is 10.6 Å². The van der Waals surface area contributed by atoms with Gasteiger partial charge in [-0.1, -0.05) is 26.3 Å². The first-order valence-corrected chi connectivity index (χ1v) is 8.27. The maximum absolute atomic E-state index is 12.0. The molecule has 5 nitrogen and oxygen atoms in total. The summed E-state index contributed by atoms with van der Waals surface area (Å²) in [6, 6.07) is 5.76. The third kappa shape index (κ3) is 4.32. The van der Waals surface area contributed by atoms with Gasteiger partial charge in [-0.3, -0.25) is 9.59 Å². The predicted molar refractivity (Wildman–Crippen MR) is 90.2 cm³/mol. The number of aliphatic hydroxyl groups is 1. The van der Waals surface area contributed by atoms with Crippen molar-refractivity contribution in [3.05, 3.63) is 29.3 Å². The van der Waals surface area contributed by atoms with Crippen LogP contribution in [0.2, 0.25) is 0 Å². The van der Waals surface area contributed by atoms with E-state index in [1.165, 1.54) is 11.1 Å². The van der Waals surface area contributed by atoms with E-state index in [9.17, 15) is 14.7 Å². The minimum atomic E-state index is -1.03. The zero-order valence-electron chi connectivity index (χ0n) is 14.1. The van der Waals surface area contributed by atoms with E-state index in [0.29, 0.717) is 5.69 Å². The van der Waals surface area contributed by atoms with Crippen molar-refractivity contribution in [2.45, 2.75) is 52.1 Å². The minimum absolute atomic E-state index is 0.0302. The van der Waals surface area contributed by atoms with Gasteiger partial charge < -0.3 is 15.7 Å². The number of benzene rings is 1. The second kappa shape index (κ2) is 7.13. The molecule has 1 aromatic rings. The Hall–Kier alpha value is -1.88. The third-order valence-corrected chi connectivity index (χ3v) is 4.84. The topological polar surface area (TPSA) is 78.4 Å². The number of anilines is 1. The van der Waals surface area contributed by atoms with Crippen molar-refractivity contribution in [1.29, 1.82) is 0 Å². The summed E-state index contributed by atoms with van der Waals surface area (Å²) in [4.78, 5) is 23.9. The van der Waals surface area contributed by atoms with Crippen LogP contribution in [0.5, 0.6) is 0 Å². The molecular formula is C18H26N2O3. The van der Waals surface area contributed by atoms with E-state index >= 15 is 0 Å². The van der Waals surface area contributed by atoms with E-state index in [1.807, 2.05) is 32.0 Å². The highest BCUT2D eigenvalue weighted by molar-refractivity contribution is 6.39. The van der Waals surface area contributed by atoms with Crippen LogP contribution < -0.4 is 10.6 Å². The van der Waals surface area contributed by atoms with Crippen LogP contribution >= 0.6 is 0 Å². The lowest BCUT2D eigenvalue weighted by Crippen LogP contribution is -2.47. The average molecular weight is 318 g/mol. The van der Waals surface area contributed by atoms with Crippen molar-refractivity contribution >= 4 is 17.5 Å². The fourth-order valence-electron chi connectivity index (χ4n) is 2.79. The van der Waals surface area contributed by atoms with E-state index in [0.717, 1.165) is 25.7 Å². The first kappa shape index (κ1) is 17.5. The molecule has 0 heterocycles. The van der Waals surface area contributed by atoms with Crippen LogP contribution in [0.1, 0.15) is 44.7 Å². The number of carbonyl (C=O) groups excluding carboxylic acids is 2. The van der Waals surface area contributed by atoms with Gasteiger partial charge in [0.1, 0.15) is 0 Å². The number of hydrogen-bond donors (Lipinski definition) is 3. The molecule has 3 N–H and O–H groups in total. The van der Waals surface area contributed by atoms with Gasteiger partial charge in [0.15, 0.2) is 0 Å². The summed E-state index contributed by atoms with van der Waals surface area (Å²) < 4.78 is 0. The van der Waals surface area contributed by atoms with E-state index in [-0.39, 0.29) is 12.5 Å². The molecule has 0 aliphatic heterocycles. The standard InChI is InChI=1S/C18H26N2O3/c1-4-12(2)18(3,23)11-19-16(21)17(22)20-15-9-8-13-6-5-7-14(13)10-15/h8-10,12,23H,4-7,11H2,1-3H3,(H,19,21)(H,20,22). The zero-order chi connectivity index (χ0) is 17.0. The second-order valence-corrected chi connectivity index (χ2v) is 6.64. The van der Waals surface area contributed by atoms with E-state index in [4.69, 9.17) is 0 Å². The lowest BCUT2D eigenvalue weighted by Gasteiger charge is -2.29. The molecule has 126 valence electrons. The number of carbonyl (C=O) groups is 2. The smallest absolute Gasteiger partial charge is 0.313 e. The van der Waals surface area contributed by atoms with E-state index < -0.39 is 17.4 Å². The first-order chi connectivity index (χ1) is 10.8. The number of fused-ring (bicyclic) bond motifs is 1. The summed E-state index contributed by atoms with van der Waals surface area (Å²) in [7, 11) is 0. The number of nitrogens with one attached hydrogen (secondary N) is 2. The molecule has 0 spiro atoms. The predicted octanol–water partition coefficient (Wildman–Crippen LogP) is 2.03. The van der Waals surface area contributed by atoms with Crippen molar-refractivity contribution in [1.82, 2.24) is 5.32 Å². The molecule has 5 heteroatoms. The Morgan fingerprint density at radius 1 is 1.26 bits per heavy atom. The summed E-state index contributed by atoms with van der Waals surface area (Å²) in [6.07, 6.45) is 4.03. The van der Waals surface area contributed by atoms with Gasteiger partial charge in [-0.05, 0) is 55.4 Å². The Bertz CT molecular complexity index is 596. The molecule has 0 bridgehead atoms. The molecule has 0 saturated heterocycles. The van der Waals surface area contributed by atoms with Crippen molar-refractivity contribution in [2.75, 3.05) is 11.9 Å². The molecule has 2 rings (SSSR count). The quantitative estimate of drug-likeness (QED) is 0.727. The van der Waals surface area contributed by atoms with Crippen LogP contribution in [0.15, 0.2) is 18.2 Å². The molecule has 0 saturated carbocycles. The fraction of sp³-hybridized carbons (Fsp3) is 0.556. The number of amides is 2. The first-order valence-electron chi connectivity index (χ1n) is 8.27. The molecule has 0 radical (unpaired) electrons. The van der Waals surface area contributed by atoms with Crippen LogP contribution in [-0.2, 0) is 22.4 Å². The van der Waals surface area contributed by atoms with Gasteiger partial charge in [-0.15, -0.1) is 0 Å². The van der Waals surface area contributed by atoms with Crippen LogP contribution in [-0.4, -0.2) is 29.1 Å². The molecule has 0 aromatic heterocycles. The molecular weight excluding hydrogens is 292 g/mol. The lowest BCUT2D eigenvalue weighted by atomic mass is 9.89. The Labute approximate surface area is 137 Å². The molecule has 2 unspecified atom stereocenters. The largest absolute Gasteiger partial charge is 0.388 e. The van der Waals surface area contributed by atoms with Gasteiger partial charge in [0, 0.05) is 12.2 Å². The van der Waals surface area contributed by atoms with Crippen molar-refractivity contribution < 1.29 is 14.7 Å². The third-order valence-electron chi connectivity index (χ3n) is 4.84. The molecule has 1 aromatic carbocycles. The normalized spacial score (nSPS) is 17.0. The molecule has 1 aliphatic rings. The molecule has 2 atom stereocenters. The van der Waals surface area contributed by atoms with Gasteiger partial charge in [0.2, 0.25) is 0 Å². The highest BCUT2D eigenvalue weighted by atomic mass is 16.3. The van der Waals surface area contributed by atoms with Crippen molar-refractivity contribution in [3.63, 3.8) is 0 Å². The maximum Gasteiger partial charge on any atom is 0.313 e. The van der Waals surface area contributed by atoms with Crippen LogP contribution in [0.3, 0.4) is 0 Å². The summed E-state index contributed by atoms with van der Waals surface area (Å²) >= 11 is 0. The highest BCUT2D eigenvalue weighted by Gasteiger charge is 2.28. The Morgan fingerprint density at radius 2 is 1.96 bits per heavy atom. The SMILES string of the molecule is CCC(C)C(C)(O)CNC(=O)C(=O)Nc1ccc2c(c1)CCC2. The fourth-order valence-corrected chi connectivity index (χ4v) is 2.79. The van der Waals surface area contributed by atoms with Crippen LogP contribution in [0.25, 0.3) is 0 Å². The zero-order valence-corrected chi connectivity index (χ0v) is 14.1. The molecule has 0 fully saturated rings. The van der Waals surface area contributed by atoms with Gasteiger partial charge in [0.25, 0.3) is 0 Å². The summed E-state index contributed by atoms with van der Waals surface area (Å²) in [5, 5.41) is 15.4. The van der Waals surface area contributed by atoms with Gasteiger partial charge in [-0.25, -0.2) is 0 Å². The van der Waals surface area contributed by atoms with Gasteiger partial charge in [0.05, 0.1) is 5.60 Å². The summed E-state index contributed by atoms with van der Waals surface area (Å²) in [5.74, 6) is -1.40. The van der Waals surface area contributed by atoms with Crippen LogP contribution in [0, 0.1) is 5.92 Å². The Morgan fingerprint density at radius 3 is 2.65 bits per heavy atom.